The summed E-state index contributed by atoms with van der Waals surface area (Å²) in [6, 6.07) is 3.40. The summed E-state index contributed by atoms with van der Waals surface area (Å²) < 4.78 is 12.7. The monoisotopic (exact) mass is 149 g/mol. The largest absolute Gasteiger partial charge is 0.228 e. The minimum Gasteiger partial charge on any atom is -0.228 e. The molecule has 0 aliphatic carbocycles. The number of pyridine rings is 1. The van der Waals surface area contributed by atoms with E-state index in [9.17, 15) is 4.39 Å². The second-order valence-electron chi connectivity index (χ2n) is 2.16. The molecule has 1 nitrogen and oxygen atoms in total. The van der Waals surface area contributed by atoms with Crippen LogP contribution in [-0.2, 0) is 6.42 Å². The van der Waals surface area contributed by atoms with Crippen LogP contribution in [0.2, 0.25) is 0 Å². The molecule has 0 bridgehead atoms. The first kappa shape index (κ1) is 7.74. The van der Waals surface area contributed by atoms with E-state index < -0.39 is 5.95 Å². The summed E-state index contributed by atoms with van der Waals surface area (Å²) in [7, 11) is 0. The summed E-state index contributed by atoms with van der Waals surface area (Å²) >= 11 is 0. The zero-order valence-corrected chi connectivity index (χ0v) is 6.05. The van der Waals surface area contributed by atoms with Gasteiger partial charge in [0.1, 0.15) is 0 Å². The van der Waals surface area contributed by atoms with Crippen LogP contribution in [-0.4, -0.2) is 4.98 Å². The van der Waals surface area contributed by atoms with Gasteiger partial charge in [-0.05, 0) is 12.5 Å². The Balaban J connectivity index is 2.71. The lowest BCUT2D eigenvalue weighted by molar-refractivity contribution is 0.566. The zero-order chi connectivity index (χ0) is 8.10. The second-order valence-corrected chi connectivity index (χ2v) is 2.16. The van der Waals surface area contributed by atoms with Crippen molar-refractivity contribution in [3.63, 3.8) is 0 Å². The fraction of sp³-hybridized carbons (Fsp3) is 0.222. The quantitative estimate of drug-likeness (QED) is 0.461. The minimum absolute atomic E-state index is 0.414. The molecule has 0 aliphatic heterocycles. The molecular formula is C9H8FN. The lowest BCUT2D eigenvalue weighted by atomic mass is 10.1. The lowest BCUT2D eigenvalue weighted by Crippen LogP contribution is -1.91. The SMILES string of the molecule is C#CCCc1cccnc1F. The third-order valence-electron chi connectivity index (χ3n) is 1.38. The highest BCUT2D eigenvalue weighted by molar-refractivity contribution is 5.12. The summed E-state index contributed by atoms with van der Waals surface area (Å²) in [5.41, 5.74) is 0.588. The van der Waals surface area contributed by atoms with Crippen LogP contribution in [0.25, 0.3) is 0 Å². The maximum Gasteiger partial charge on any atom is 0.216 e. The highest BCUT2D eigenvalue weighted by atomic mass is 19.1. The van der Waals surface area contributed by atoms with Crippen LogP contribution in [0.1, 0.15) is 12.0 Å². The first-order valence-electron chi connectivity index (χ1n) is 3.37. The molecule has 1 heterocycles. The van der Waals surface area contributed by atoms with Crippen LogP contribution in [0, 0.1) is 18.3 Å². The zero-order valence-electron chi connectivity index (χ0n) is 6.05. The normalized spacial score (nSPS) is 9.09. The number of nitrogens with zero attached hydrogens (tertiary/aromatic N) is 1. The predicted molar refractivity (Wildman–Crippen MR) is 41.3 cm³/mol. The van der Waals surface area contributed by atoms with Gasteiger partial charge in [0.15, 0.2) is 0 Å². The molecule has 1 aromatic heterocycles. The molecule has 0 saturated carbocycles. The maximum absolute atomic E-state index is 12.7. The Morgan fingerprint density at radius 2 is 2.45 bits per heavy atom. The van der Waals surface area contributed by atoms with Crippen LogP contribution in [0.3, 0.4) is 0 Å². The van der Waals surface area contributed by atoms with Crippen molar-refractivity contribution in [2.75, 3.05) is 0 Å². The molecule has 0 atom stereocenters. The van der Waals surface area contributed by atoms with Gasteiger partial charge in [-0.3, -0.25) is 0 Å². The lowest BCUT2D eigenvalue weighted by Gasteiger charge is -1.96. The Morgan fingerprint density at radius 3 is 3.09 bits per heavy atom. The van der Waals surface area contributed by atoms with Crippen molar-refractivity contribution in [2.24, 2.45) is 0 Å². The molecule has 11 heavy (non-hydrogen) atoms. The molecule has 0 amide bonds. The average molecular weight is 149 g/mol. The fourth-order valence-electron chi connectivity index (χ4n) is 0.813. The average Bonchev–Trinajstić information content (AvgIpc) is 2.03. The molecule has 0 fully saturated rings. The Morgan fingerprint density at radius 1 is 1.64 bits per heavy atom. The maximum atomic E-state index is 12.7. The van der Waals surface area contributed by atoms with Gasteiger partial charge in [0.25, 0.3) is 0 Å². The Bertz CT molecular complexity index is 275. The second kappa shape index (κ2) is 3.72. The molecule has 0 saturated heterocycles. The van der Waals surface area contributed by atoms with Gasteiger partial charge in [0.2, 0.25) is 5.95 Å². The topological polar surface area (TPSA) is 12.9 Å². The molecule has 1 aromatic rings. The van der Waals surface area contributed by atoms with Crippen molar-refractivity contribution in [3.05, 3.63) is 29.8 Å². The molecule has 0 aromatic carbocycles. The molecule has 0 aliphatic rings. The Labute approximate surface area is 65.3 Å². The third kappa shape index (κ3) is 2.05. The van der Waals surface area contributed by atoms with Gasteiger partial charge < -0.3 is 0 Å². The van der Waals surface area contributed by atoms with Gasteiger partial charge in [-0.25, -0.2) is 4.98 Å². The van der Waals surface area contributed by atoms with Crippen LogP contribution in [0.4, 0.5) is 4.39 Å². The van der Waals surface area contributed by atoms with Crippen molar-refractivity contribution in [3.8, 4) is 12.3 Å². The third-order valence-corrected chi connectivity index (χ3v) is 1.38. The van der Waals surface area contributed by atoms with Gasteiger partial charge in [-0.1, -0.05) is 6.07 Å². The molecule has 56 valence electrons. The van der Waals surface area contributed by atoms with Gasteiger partial charge in [-0.15, -0.1) is 12.3 Å². The molecule has 0 N–H and O–H groups in total. The van der Waals surface area contributed by atoms with E-state index in [4.69, 9.17) is 6.42 Å². The number of aryl methyl sites for hydroxylation is 1. The van der Waals surface area contributed by atoms with Crippen molar-refractivity contribution >= 4 is 0 Å². The molecule has 2 heteroatoms. The van der Waals surface area contributed by atoms with Crippen molar-refractivity contribution in [1.29, 1.82) is 0 Å². The van der Waals surface area contributed by atoms with Crippen molar-refractivity contribution in [2.45, 2.75) is 12.8 Å². The van der Waals surface area contributed by atoms with E-state index >= 15 is 0 Å². The van der Waals surface area contributed by atoms with Crippen LogP contribution in [0.15, 0.2) is 18.3 Å². The van der Waals surface area contributed by atoms with Crippen LogP contribution in [0.5, 0.6) is 0 Å². The number of hydrogen-bond acceptors (Lipinski definition) is 1. The first-order valence-corrected chi connectivity index (χ1v) is 3.37. The highest BCUT2D eigenvalue weighted by Crippen LogP contribution is 2.04. The van der Waals surface area contributed by atoms with Crippen LogP contribution >= 0.6 is 0 Å². The van der Waals surface area contributed by atoms with Gasteiger partial charge in [0.05, 0.1) is 0 Å². The summed E-state index contributed by atoms with van der Waals surface area (Å²) in [5, 5.41) is 0. The number of hydrogen-bond donors (Lipinski definition) is 0. The van der Waals surface area contributed by atoms with Gasteiger partial charge in [0, 0.05) is 18.2 Å². The van der Waals surface area contributed by atoms with E-state index in [1.807, 2.05) is 0 Å². The molecular weight excluding hydrogens is 141 g/mol. The summed E-state index contributed by atoms with van der Waals surface area (Å²) in [6.07, 6.45) is 7.58. The van der Waals surface area contributed by atoms with E-state index in [0.29, 0.717) is 18.4 Å². The van der Waals surface area contributed by atoms with Gasteiger partial charge >= 0.3 is 0 Å². The summed E-state index contributed by atoms with van der Waals surface area (Å²) in [4.78, 5) is 3.50. The van der Waals surface area contributed by atoms with Crippen molar-refractivity contribution in [1.82, 2.24) is 4.98 Å². The number of halogens is 1. The molecule has 0 spiro atoms. The summed E-state index contributed by atoms with van der Waals surface area (Å²) in [5.74, 6) is 2.03. The minimum atomic E-state index is -0.414. The first-order chi connectivity index (χ1) is 5.34. The number of rotatable bonds is 2. The van der Waals surface area contributed by atoms with E-state index in [2.05, 4.69) is 10.9 Å². The Kier molecular flexibility index (Phi) is 2.62. The van der Waals surface area contributed by atoms with E-state index in [-0.39, 0.29) is 0 Å². The number of terminal acetylenes is 1. The highest BCUT2D eigenvalue weighted by Gasteiger charge is 1.98. The van der Waals surface area contributed by atoms with E-state index in [1.165, 1.54) is 6.20 Å². The van der Waals surface area contributed by atoms with Crippen LogP contribution < -0.4 is 0 Å². The van der Waals surface area contributed by atoms with E-state index in [0.717, 1.165) is 0 Å². The molecule has 1 rings (SSSR count). The molecule has 0 radical (unpaired) electrons. The summed E-state index contributed by atoms with van der Waals surface area (Å²) in [6.45, 7) is 0. The fourth-order valence-corrected chi connectivity index (χ4v) is 0.813. The standard InChI is InChI=1S/C9H8FN/c1-2-3-5-8-6-4-7-11-9(8)10/h1,4,6-7H,3,5H2. The van der Waals surface area contributed by atoms with Crippen molar-refractivity contribution < 1.29 is 4.39 Å². The number of aromatic nitrogens is 1. The predicted octanol–water partition coefficient (Wildman–Crippen LogP) is 1.79. The smallest absolute Gasteiger partial charge is 0.216 e. The Hall–Kier alpha value is -1.36. The van der Waals surface area contributed by atoms with E-state index in [1.54, 1.807) is 12.1 Å². The molecule has 0 unspecified atom stereocenters. The van der Waals surface area contributed by atoms with Gasteiger partial charge in [-0.2, -0.15) is 4.39 Å².